The fraction of sp³-hybridized carbons (Fsp3) is 0. The van der Waals surface area contributed by atoms with Crippen molar-refractivity contribution in [2.45, 2.75) is 0 Å². The van der Waals surface area contributed by atoms with Gasteiger partial charge in [0.05, 0.1) is 0 Å². The zero-order chi connectivity index (χ0) is 15.1. The summed E-state index contributed by atoms with van der Waals surface area (Å²) in [6, 6.07) is 0. The highest BCUT2D eigenvalue weighted by molar-refractivity contribution is 5.89. The summed E-state index contributed by atoms with van der Waals surface area (Å²) in [5.41, 5.74) is 6.04. The van der Waals surface area contributed by atoms with Crippen molar-refractivity contribution < 1.29 is 0 Å². The largest absolute Gasteiger partial charge is 0.0991 e. The third-order valence-electron chi connectivity index (χ3n) is 3.16. The predicted molar refractivity (Wildman–Crippen MR) is 96.1 cm³/mol. The van der Waals surface area contributed by atoms with Crippen LogP contribution in [0.15, 0.2) is 51.6 Å². The van der Waals surface area contributed by atoms with Gasteiger partial charge in [0.1, 0.15) is 0 Å². The van der Waals surface area contributed by atoms with Crippen LogP contribution in [0.2, 0.25) is 0 Å². The van der Waals surface area contributed by atoms with Gasteiger partial charge >= 0.3 is 0 Å². The Labute approximate surface area is 122 Å². The lowest BCUT2D eigenvalue weighted by molar-refractivity contribution is 1.49. The first-order valence-corrected chi connectivity index (χ1v) is 6.35. The lowest BCUT2D eigenvalue weighted by atomic mass is 9.86. The topological polar surface area (TPSA) is 0 Å². The molecule has 0 N–H and O–H groups in total. The summed E-state index contributed by atoms with van der Waals surface area (Å²) in [5, 5.41) is 0. The minimum absolute atomic E-state index is 0.996. The van der Waals surface area contributed by atoms with E-state index in [4.69, 9.17) is 0 Å². The normalized spacial score (nSPS) is 10.0. The van der Waals surface area contributed by atoms with Crippen LogP contribution in [-0.4, -0.2) is 0 Å². The zero-order valence-electron chi connectivity index (χ0n) is 11.9. The Hall–Kier alpha value is -2.60. The third-order valence-corrected chi connectivity index (χ3v) is 3.16. The maximum Gasteiger partial charge on any atom is -0.00994 e. The zero-order valence-corrected chi connectivity index (χ0v) is 11.9. The molecule has 0 radical (unpaired) electrons. The van der Waals surface area contributed by atoms with Crippen LogP contribution in [0.4, 0.5) is 0 Å². The SMILES string of the molecule is C=C/C=C\c1c(C=C)c(C=C)c(C=C)c(C=C)c1C=C. The lowest BCUT2D eigenvalue weighted by Gasteiger charge is -2.18. The van der Waals surface area contributed by atoms with E-state index in [0.29, 0.717) is 0 Å². The summed E-state index contributed by atoms with van der Waals surface area (Å²) in [6.07, 6.45) is 14.7. The van der Waals surface area contributed by atoms with Crippen LogP contribution in [0.3, 0.4) is 0 Å². The molecule has 0 saturated carbocycles. The van der Waals surface area contributed by atoms with Crippen LogP contribution in [0.5, 0.6) is 0 Å². The van der Waals surface area contributed by atoms with Gasteiger partial charge in [-0.25, -0.2) is 0 Å². The first-order chi connectivity index (χ1) is 9.69. The van der Waals surface area contributed by atoms with Gasteiger partial charge in [0.15, 0.2) is 0 Å². The van der Waals surface area contributed by atoms with E-state index in [1.807, 2.05) is 42.5 Å². The maximum absolute atomic E-state index is 3.91. The molecule has 1 rings (SSSR count). The highest BCUT2D eigenvalue weighted by atomic mass is 14.2. The molecule has 0 bridgehead atoms. The van der Waals surface area contributed by atoms with Gasteiger partial charge in [0.2, 0.25) is 0 Å². The molecule has 0 heterocycles. The van der Waals surface area contributed by atoms with Crippen molar-refractivity contribution in [2.24, 2.45) is 0 Å². The lowest BCUT2D eigenvalue weighted by Crippen LogP contribution is -1.99. The summed E-state index contributed by atoms with van der Waals surface area (Å²) in [6.45, 7) is 23.2. The fourth-order valence-electron chi connectivity index (χ4n) is 2.31. The summed E-state index contributed by atoms with van der Waals surface area (Å²) in [5.74, 6) is 0. The predicted octanol–water partition coefficient (Wildman–Crippen LogP) is 6.10. The Morgan fingerprint density at radius 1 is 0.450 bits per heavy atom. The number of benzene rings is 1. The first-order valence-electron chi connectivity index (χ1n) is 6.35. The first kappa shape index (κ1) is 15.5. The van der Waals surface area contributed by atoms with Gasteiger partial charge in [-0.1, -0.05) is 88.1 Å². The number of hydrogen-bond donors (Lipinski definition) is 0. The van der Waals surface area contributed by atoms with E-state index in [2.05, 4.69) is 39.5 Å². The van der Waals surface area contributed by atoms with E-state index in [9.17, 15) is 0 Å². The van der Waals surface area contributed by atoms with Crippen LogP contribution in [0.1, 0.15) is 33.4 Å². The summed E-state index contributed by atoms with van der Waals surface area (Å²) in [7, 11) is 0. The molecule has 100 valence electrons. The molecule has 0 fully saturated rings. The average molecular weight is 260 g/mol. The summed E-state index contributed by atoms with van der Waals surface area (Å²) >= 11 is 0. The van der Waals surface area contributed by atoms with E-state index in [1.165, 1.54) is 0 Å². The van der Waals surface area contributed by atoms with Crippen LogP contribution in [-0.2, 0) is 0 Å². The molecular formula is C20H20. The van der Waals surface area contributed by atoms with Crippen molar-refractivity contribution >= 4 is 36.5 Å². The van der Waals surface area contributed by atoms with Crippen LogP contribution in [0.25, 0.3) is 36.5 Å². The molecule has 1 aromatic carbocycles. The van der Waals surface area contributed by atoms with Gasteiger partial charge in [-0.3, -0.25) is 0 Å². The Morgan fingerprint density at radius 2 is 0.750 bits per heavy atom. The second kappa shape index (κ2) is 7.10. The quantitative estimate of drug-likeness (QED) is 0.519. The average Bonchev–Trinajstić information content (AvgIpc) is 2.49. The summed E-state index contributed by atoms with van der Waals surface area (Å²) in [4.78, 5) is 0. The van der Waals surface area contributed by atoms with E-state index < -0.39 is 0 Å². The molecular weight excluding hydrogens is 240 g/mol. The molecule has 0 aliphatic rings. The van der Waals surface area contributed by atoms with Crippen molar-refractivity contribution in [2.75, 3.05) is 0 Å². The van der Waals surface area contributed by atoms with Gasteiger partial charge in [-0.15, -0.1) is 0 Å². The standard InChI is InChI=1S/C20H20/c1-7-13-14-20-18(11-5)16(9-3)15(8-2)17(10-4)19(20)12-6/h7-14H,1-6H2/b14-13-. The Balaban J connectivity index is 4.03. The van der Waals surface area contributed by atoms with Gasteiger partial charge < -0.3 is 0 Å². The maximum atomic E-state index is 3.91. The second-order valence-corrected chi connectivity index (χ2v) is 4.10. The molecule has 0 atom stereocenters. The molecule has 0 heteroatoms. The van der Waals surface area contributed by atoms with Crippen molar-refractivity contribution in [3.05, 3.63) is 85.0 Å². The molecule has 0 saturated heterocycles. The van der Waals surface area contributed by atoms with Crippen molar-refractivity contribution in [1.29, 1.82) is 0 Å². The van der Waals surface area contributed by atoms with Crippen molar-refractivity contribution in [3.8, 4) is 0 Å². The van der Waals surface area contributed by atoms with E-state index >= 15 is 0 Å². The number of allylic oxidation sites excluding steroid dienone is 2. The monoisotopic (exact) mass is 260 g/mol. The Kier molecular flexibility index (Phi) is 5.49. The number of rotatable bonds is 7. The molecule has 0 spiro atoms. The smallest absolute Gasteiger partial charge is 0.00994 e. The van der Waals surface area contributed by atoms with E-state index in [0.717, 1.165) is 33.4 Å². The number of hydrogen-bond acceptors (Lipinski definition) is 0. The molecule has 0 aliphatic heterocycles. The van der Waals surface area contributed by atoms with Crippen LogP contribution < -0.4 is 0 Å². The van der Waals surface area contributed by atoms with Crippen molar-refractivity contribution in [1.82, 2.24) is 0 Å². The Morgan fingerprint density at radius 3 is 1.00 bits per heavy atom. The summed E-state index contributed by atoms with van der Waals surface area (Å²) < 4.78 is 0. The van der Waals surface area contributed by atoms with Gasteiger partial charge in [0.25, 0.3) is 0 Å². The molecule has 0 unspecified atom stereocenters. The molecule has 0 nitrogen and oxygen atoms in total. The fourth-order valence-corrected chi connectivity index (χ4v) is 2.31. The van der Waals surface area contributed by atoms with E-state index in [-0.39, 0.29) is 0 Å². The van der Waals surface area contributed by atoms with Gasteiger partial charge in [-0.05, 0) is 33.4 Å². The molecule has 1 aromatic rings. The van der Waals surface area contributed by atoms with E-state index in [1.54, 1.807) is 6.08 Å². The second-order valence-electron chi connectivity index (χ2n) is 4.10. The van der Waals surface area contributed by atoms with Gasteiger partial charge in [0, 0.05) is 0 Å². The molecule has 0 amide bonds. The highest BCUT2D eigenvalue weighted by Crippen LogP contribution is 2.33. The minimum atomic E-state index is 0.996. The third kappa shape index (κ3) is 2.55. The van der Waals surface area contributed by atoms with Crippen LogP contribution in [0, 0.1) is 0 Å². The molecule has 20 heavy (non-hydrogen) atoms. The molecule has 0 aliphatic carbocycles. The Bertz CT molecular complexity index is 581. The van der Waals surface area contributed by atoms with Gasteiger partial charge in [-0.2, -0.15) is 0 Å². The minimum Gasteiger partial charge on any atom is -0.0991 e. The molecule has 0 aromatic heterocycles. The van der Waals surface area contributed by atoms with Crippen molar-refractivity contribution in [3.63, 3.8) is 0 Å². The van der Waals surface area contributed by atoms with Crippen LogP contribution >= 0.6 is 0 Å². The highest BCUT2D eigenvalue weighted by Gasteiger charge is 2.14.